The number of ether oxygens (including phenoxy) is 5. The number of hydrogen-bond acceptors (Lipinski definition) is 10. The molecular formula is C51H51N3O7. The predicted molar refractivity (Wildman–Crippen MR) is 241 cm³/mol. The lowest BCUT2D eigenvalue weighted by Crippen LogP contribution is -2.08. The number of esters is 2. The van der Waals surface area contributed by atoms with E-state index in [1.54, 1.807) is 48.5 Å². The highest BCUT2D eigenvalue weighted by molar-refractivity contribution is 6.01. The molecule has 0 N–H and O–H groups in total. The summed E-state index contributed by atoms with van der Waals surface area (Å²) in [6, 6.07) is 43.7. The lowest BCUT2D eigenvalue weighted by Gasteiger charge is -2.09. The van der Waals surface area contributed by atoms with Crippen molar-refractivity contribution in [2.24, 2.45) is 15.2 Å². The smallest absolute Gasteiger partial charge is 0.343 e. The van der Waals surface area contributed by atoms with Crippen molar-refractivity contribution in [1.29, 1.82) is 0 Å². The van der Waals surface area contributed by atoms with Gasteiger partial charge in [-0.15, -0.1) is 5.11 Å². The number of carbonyl (C=O) groups is 2. The van der Waals surface area contributed by atoms with Gasteiger partial charge in [-0.3, -0.25) is 4.99 Å². The average molecular weight is 818 g/mol. The number of carbonyl (C=O) groups excluding carboxylic acids is 2. The molecule has 0 heterocycles. The maximum absolute atomic E-state index is 12.7. The van der Waals surface area contributed by atoms with Gasteiger partial charge in [0.1, 0.15) is 23.0 Å². The molecule has 0 bridgehead atoms. The van der Waals surface area contributed by atoms with Gasteiger partial charge in [-0.1, -0.05) is 49.0 Å². The fourth-order valence-corrected chi connectivity index (χ4v) is 6.24. The first kappa shape index (κ1) is 43.5. The Morgan fingerprint density at radius 1 is 0.492 bits per heavy atom. The van der Waals surface area contributed by atoms with Crippen molar-refractivity contribution in [3.05, 3.63) is 163 Å². The van der Waals surface area contributed by atoms with E-state index in [0.717, 1.165) is 96.3 Å². The van der Waals surface area contributed by atoms with Gasteiger partial charge >= 0.3 is 11.9 Å². The van der Waals surface area contributed by atoms with Gasteiger partial charge < -0.3 is 23.7 Å². The fraction of sp³-hybridized carbons (Fsp3) is 0.235. The summed E-state index contributed by atoms with van der Waals surface area (Å²) in [6.45, 7) is 5.59. The monoisotopic (exact) mass is 817 g/mol. The third-order valence-electron chi connectivity index (χ3n) is 9.56. The van der Waals surface area contributed by atoms with Crippen molar-refractivity contribution in [1.82, 2.24) is 0 Å². The molecule has 6 rings (SSSR count). The van der Waals surface area contributed by atoms with E-state index >= 15 is 0 Å². The Morgan fingerprint density at radius 2 is 0.984 bits per heavy atom. The molecule has 312 valence electrons. The zero-order valence-electron chi connectivity index (χ0n) is 34.3. The largest absolute Gasteiger partial charge is 0.494 e. The molecule has 10 nitrogen and oxygen atoms in total. The molecule has 0 radical (unpaired) electrons. The molecule has 0 aliphatic heterocycles. The van der Waals surface area contributed by atoms with Crippen LogP contribution in [0.2, 0.25) is 0 Å². The molecule has 61 heavy (non-hydrogen) atoms. The normalized spacial score (nSPS) is 11.1. The highest BCUT2D eigenvalue weighted by Crippen LogP contribution is 2.34. The third-order valence-corrected chi connectivity index (χ3v) is 9.56. The van der Waals surface area contributed by atoms with Crippen LogP contribution < -0.4 is 18.9 Å². The second-order valence-electron chi connectivity index (χ2n) is 14.1. The maximum Gasteiger partial charge on any atom is 0.343 e. The highest BCUT2D eigenvalue weighted by Gasteiger charge is 2.10. The van der Waals surface area contributed by atoms with E-state index in [0.29, 0.717) is 43.5 Å². The van der Waals surface area contributed by atoms with Crippen molar-refractivity contribution < 1.29 is 33.3 Å². The number of hydrogen-bond donors (Lipinski definition) is 0. The molecule has 0 atom stereocenters. The summed E-state index contributed by atoms with van der Waals surface area (Å²) in [6.07, 6.45) is 10.6. The standard InChI is InChI=1S/C51H51N3O7/c1-2-50(55)60-37-15-6-5-14-35-58-43-26-22-40(23-27-43)51(56)61-45-30-28-44(29-31-45)59-36-13-4-3-12-34-57-42-24-20-39(21-25-42)38-52-48-32-33-49(47-19-11-10-18-46(47)48)54-53-41-16-8-7-9-17-41/h2,7-11,16-33,38H,1,3-6,12-15,34-37H2. The number of unbranched alkanes of at least 4 members (excludes halogenated alkanes) is 6. The van der Waals surface area contributed by atoms with Crippen LogP contribution in [0.1, 0.15) is 67.3 Å². The second kappa shape index (κ2) is 24.1. The van der Waals surface area contributed by atoms with E-state index in [1.165, 1.54) is 6.08 Å². The number of aliphatic imine (C=N–C) groups is 1. The lowest BCUT2D eigenvalue weighted by atomic mass is 10.1. The van der Waals surface area contributed by atoms with E-state index < -0.39 is 11.9 Å². The van der Waals surface area contributed by atoms with Gasteiger partial charge in [0.05, 0.1) is 49.1 Å². The van der Waals surface area contributed by atoms with E-state index in [2.05, 4.69) is 22.9 Å². The van der Waals surface area contributed by atoms with Crippen molar-refractivity contribution in [3.63, 3.8) is 0 Å². The molecule has 6 aromatic rings. The quantitative estimate of drug-likeness (QED) is 0.0149. The number of rotatable bonds is 24. The summed E-state index contributed by atoms with van der Waals surface area (Å²) in [4.78, 5) is 28.5. The minimum absolute atomic E-state index is 0.392. The minimum Gasteiger partial charge on any atom is -0.494 e. The van der Waals surface area contributed by atoms with Crippen molar-refractivity contribution in [2.45, 2.75) is 51.4 Å². The Bertz CT molecular complexity index is 2340. The third kappa shape index (κ3) is 14.6. The molecule has 0 spiro atoms. The minimum atomic E-state index is -0.445. The van der Waals surface area contributed by atoms with Crippen LogP contribution in [-0.2, 0) is 9.53 Å². The van der Waals surface area contributed by atoms with E-state index in [9.17, 15) is 9.59 Å². The topological polar surface area (TPSA) is 117 Å². The van der Waals surface area contributed by atoms with E-state index in [-0.39, 0.29) is 0 Å². The van der Waals surface area contributed by atoms with E-state index in [4.69, 9.17) is 28.7 Å². The van der Waals surface area contributed by atoms with Gasteiger partial charge in [0.15, 0.2) is 0 Å². The molecule has 0 aliphatic carbocycles. The SMILES string of the molecule is C=CC(=O)OCCCCCCOc1ccc(C(=O)Oc2ccc(OCCCCCCOc3ccc(C=Nc4ccc(N=Nc5ccccc5)c5ccccc45)cc3)cc2)cc1. The van der Waals surface area contributed by atoms with Crippen molar-refractivity contribution in [2.75, 3.05) is 26.4 Å². The van der Waals surface area contributed by atoms with Gasteiger partial charge in [0.25, 0.3) is 0 Å². The molecule has 0 aromatic heterocycles. The Morgan fingerprint density at radius 3 is 1.57 bits per heavy atom. The molecule has 0 saturated heterocycles. The zero-order chi connectivity index (χ0) is 42.3. The van der Waals surface area contributed by atoms with Crippen LogP contribution in [0.25, 0.3) is 10.8 Å². The Hall–Kier alpha value is -7.07. The number of benzene rings is 6. The Balaban J connectivity index is 0.819. The first-order chi connectivity index (χ1) is 30.0. The molecule has 6 aromatic carbocycles. The summed E-state index contributed by atoms with van der Waals surface area (Å²) in [7, 11) is 0. The van der Waals surface area contributed by atoms with Crippen LogP contribution in [0.3, 0.4) is 0 Å². The molecule has 0 saturated carbocycles. The van der Waals surface area contributed by atoms with Crippen LogP contribution in [0, 0.1) is 0 Å². The van der Waals surface area contributed by atoms with Gasteiger partial charge in [-0.2, -0.15) is 5.11 Å². The molecule has 10 heteroatoms. The van der Waals surface area contributed by atoms with Crippen LogP contribution in [0.4, 0.5) is 17.1 Å². The van der Waals surface area contributed by atoms with Gasteiger partial charge in [-0.25, -0.2) is 9.59 Å². The summed E-state index contributed by atoms with van der Waals surface area (Å²) in [5.74, 6) is 1.85. The molecule has 0 unspecified atom stereocenters. The van der Waals surface area contributed by atoms with Crippen LogP contribution in [0.5, 0.6) is 23.0 Å². The number of azo groups is 1. The predicted octanol–water partition coefficient (Wildman–Crippen LogP) is 12.9. The molecule has 0 aliphatic rings. The maximum atomic E-state index is 12.7. The summed E-state index contributed by atoms with van der Waals surface area (Å²) in [5.41, 5.74) is 3.89. The van der Waals surface area contributed by atoms with Gasteiger partial charge in [0, 0.05) is 23.1 Å². The molecule has 0 fully saturated rings. The first-order valence-corrected chi connectivity index (χ1v) is 20.8. The fourth-order valence-electron chi connectivity index (χ4n) is 6.24. The van der Waals surface area contributed by atoms with Crippen molar-refractivity contribution in [3.8, 4) is 23.0 Å². The van der Waals surface area contributed by atoms with Gasteiger partial charge in [-0.05, 0) is 154 Å². The molecule has 0 amide bonds. The van der Waals surface area contributed by atoms with Crippen LogP contribution in [0.15, 0.2) is 167 Å². The van der Waals surface area contributed by atoms with Crippen LogP contribution in [-0.4, -0.2) is 44.6 Å². The second-order valence-corrected chi connectivity index (χ2v) is 14.1. The van der Waals surface area contributed by atoms with Crippen LogP contribution >= 0.6 is 0 Å². The lowest BCUT2D eigenvalue weighted by molar-refractivity contribution is -0.137. The van der Waals surface area contributed by atoms with Gasteiger partial charge in [0.2, 0.25) is 0 Å². The summed E-state index contributed by atoms with van der Waals surface area (Å²) in [5, 5.41) is 10.9. The van der Waals surface area contributed by atoms with E-state index in [1.807, 2.05) is 91.1 Å². The number of nitrogens with zero attached hydrogens (tertiary/aromatic N) is 3. The zero-order valence-corrected chi connectivity index (χ0v) is 34.3. The molecular weight excluding hydrogens is 767 g/mol. The Labute approximate surface area is 357 Å². The Kier molecular flexibility index (Phi) is 17.2. The number of fused-ring (bicyclic) bond motifs is 1. The first-order valence-electron chi connectivity index (χ1n) is 20.8. The van der Waals surface area contributed by atoms with Crippen molar-refractivity contribution >= 4 is 46.0 Å². The highest BCUT2D eigenvalue weighted by atomic mass is 16.5. The summed E-state index contributed by atoms with van der Waals surface area (Å²) >= 11 is 0. The average Bonchev–Trinajstić information content (AvgIpc) is 3.30. The summed E-state index contributed by atoms with van der Waals surface area (Å²) < 4.78 is 28.2.